The number of methoxy groups -OCH3 is 1. The summed E-state index contributed by atoms with van der Waals surface area (Å²) in [6.07, 6.45) is 4.96. The summed E-state index contributed by atoms with van der Waals surface area (Å²) >= 11 is 0. The lowest BCUT2D eigenvalue weighted by Gasteiger charge is -2.40. The van der Waals surface area contributed by atoms with E-state index in [1.165, 1.54) is 0 Å². The van der Waals surface area contributed by atoms with E-state index in [1.54, 1.807) is 7.11 Å². The highest BCUT2D eigenvalue weighted by atomic mass is 16.5. The molecule has 5 heteroatoms. The molecule has 0 atom stereocenters. The molecular weight excluding hydrogens is 218 g/mol. The number of primary amides is 1. The summed E-state index contributed by atoms with van der Waals surface area (Å²) < 4.78 is 5.27. The fourth-order valence-corrected chi connectivity index (χ4v) is 2.71. The first-order valence-electron chi connectivity index (χ1n) is 6.47. The zero-order chi connectivity index (χ0) is 12.3. The summed E-state index contributed by atoms with van der Waals surface area (Å²) in [7, 11) is 1.78. The Morgan fingerprint density at radius 3 is 2.53 bits per heavy atom. The van der Waals surface area contributed by atoms with Crippen LogP contribution in [0.25, 0.3) is 0 Å². The summed E-state index contributed by atoms with van der Waals surface area (Å²) in [5.41, 5.74) is 5.19. The minimum atomic E-state index is -0.224. The number of carbonyl (C=O) groups excluding carboxylic acids is 1. The molecule has 1 saturated heterocycles. The molecule has 0 spiro atoms. The van der Waals surface area contributed by atoms with Crippen molar-refractivity contribution in [3.8, 4) is 0 Å². The zero-order valence-electron chi connectivity index (χ0n) is 10.5. The molecule has 1 amide bonds. The Labute approximate surface area is 103 Å². The van der Waals surface area contributed by atoms with Crippen LogP contribution < -0.4 is 11.1 Å². The molecule has 0 aromatic carbocycles. The number of nitrogens with two attached hydrogens (primary N) is 1. The summed E-state index contributed by atoms with van der Waals surface area (Å²) in [6, 6.07) is 1.23. The highest BCUT2D eigenvalue weighted by Gasteiger charge is 2.31. The lowest BCUT2D eigenvalue weighted by atomic mass is 9.88. The molecule has 0 radical (unpaired) electrons. The smallest absolute Gasteiger partial charge is 0.231 e. The Balaban J connectivity index is 1.61. The number of likely N-dealkylation sites (tertiary alicyclic amines) is 1. The second-order valence-electron chi connectivity index (χ2n) is 5.21. The number of nitrogens with one attached hydrogen (secondary N) is 1. The van der Waals surface area contributed by atoms with E-state index < -0.39 is 0 Å². The van der Waals surface area contributed by atoms with E-state index in [1.807, 2.05) is 0 Å². The minimum Gasteiger partial charge on any atom is -0.381 e. The second kappa shape index (κ2) is 5.80. The number of hydrogen-bond acceptors (Lipinski definition) is 4. The molecule has 17 heavy (non-hydrogen) atoms. The van der Waals surface area contributed by atoms with Gasteiger partial charge < -0.3 is 15.8 Å². The summed E-state index contributed by atoms with van der Waals surface area (Å²) in [4.78, 5) is 12.9. The molecule has 2 fully saturated rings. The predicted octanol–water partition coefficient (Wildman–Crippen LogP) is -0.297. The maximum Gasteiger partial charge on any atom is 0.231 e. The van der Waals surface area contributed by atoms with Gasteiger partial charge in [-0.3, -0.25) is 9.69 Å². The molecule has 0 bridgehead atoms. The molecule has 98 valence electrons. The Hall–Kier alpha value is -0.650. The van der Waals surface area contributed by atoms with Gasteiger partial charge >= 0.3 is 0 Å². The molecule has 1 aliphatic carbocycles. The van der Waals surface area contributed by atoms with Gasteiger partial charge in [0.25, 0.3) is 0 Å². The van der Waals surface area contributed by atoms with E-state index >= 15 is 0 Å². The maximum absolute atomic E-state index is 10.8. The van der Waals surface area contributed by atoms with Gasteiger partial charge in [-0.05, 0) is 25.7 Å². The van der Waals surface area contributed by atoms with E-state index in [-0.39, 0.29) is 5.91 Å². The van der Waals surface area contributed by atoms with Crippen molar-refractivity contribution in [2.24, 2.45) is 5.73 Å². The lowest BCUT2D eigenvalue weighted by molar-refractivity contribution is -0.119. The van der Waals surface area contributed by atoms with Crippen LogP contribution in [0.4, 0.5) is 0 Å². The van der Waals surface area contributed by atoms with Crippen molar-refractivity contribution in [3.05, 3.63) is 0 Å². The van der Waals surface area contributed by atoms with Gasteiger partial charge in [-0.25, -0.2) is 0 Å². The van der Waals surface area contributed by atoms with Crippen molar-refractivity contribution in [2.75, 3.05) is 26.7 Å². The van der Waals surface area contributed by atoms with E-state index in [2.05, 4.69) is 10.2 Å². The first-order chi connectivity index (χ1) is 8.17. The average molecular weight is 241 g/mol. The van der Waals surface area contributed by atoms with Gasteiger partial charge in [-0.15, -0.1) is 0 Å². The van der Waals surface area contributed by atoms with Crippen molar-refractivity contribution in [1.82, 2.24) is 10.2 Å². The van der Waals surface area contributed by atoms with Gasteiger partial charge in [-0.2, -0.15) is 0 Å². The number of rotatable bonds is 5. The van der Waals surface area contributed by atoms with Crippen molar-refractivity contribution < 1.29 is 9.53 Å². The lowest BCUT2D eigenvalue weighted by Crippen LogP contribution is -2.52. The summed E-state index contributed by atoms with van der Waals surface area (Å²) in [5.74, 6) is -0.224. The van der Waals surface area contributed by atoms with Gasteiger partial charge in [-0.1, -0.05) is 0 Å². The second-order valence-corrected chi connectivity index (χ2v) is 5.21. The number of ether oxygens (including phenoxy) is 1. The van der Waals surface area contributed by atoms with Gasteiger partial charge in [0, 0.05) is 32.3 Å². The van der Waals surface area contributed by atoms with Gasteiger partial charge in [0.05, 0.1) is 12.6 Å². The first kappa shape index (κ1) is 12.8. The van der Waals surface area contributed by atoms with Crippen LogP contribution >= 0.6 is 0 Å². The first-order valence-corrected chi connectivity index (χ1v) is 6.47. The van der Waals surface area contributed by atoms with Crippen LogP contribution in [-0.4, -0.2) is 55.7 Å². The van der Waals surface area contributed by atoms with Crippen LogP contribution in [0, 0.1) is 0 Å². The molecule has 0 aromatic heterocycles. The Morgan fingerprint density at radius 2 is 2.00 bits per heavy atom. The highest BCUT2D eigenvalue weighted by Crippen LogP contribution is 2.24. The van der Waals surface area contributed by atoms with E-state index in [9.17, 15) is 4.79 Å². The van der Waals surface area contributed by atoms with Crippen LogP contribution in [0.5, 0.6) is 0 Å². The average Bonchev–Trinajstić information content (AvgIpc) is 2.24. The third-order valence-corrected chi connectivity index (χ3v) is 3.87. The van der Waals surface area contributed by atoms with Crippen LogP contribution in [0.3, 0.4) is 0 Å². The van der Waals surface area contributed by atoms with E-state index in [0.717, 1.165) is 38.8 Å². The van der Waals surface area contributed by atoms with Crippen LogP contribution in [0.2, 0.25) is 0 Å². The Bertz CT molecular complexity index is 258. The van der Waals surface area contributed by atoms with Crippen molar-refractivity contribution >= 4 is 5.91 Å². The number of carbonyl (C=O) groups is 1. The van der Waals surface area contributed by atoms with Gasteiger partial charge in [0.15, 0.2) is 0 Å². The Morgan fingerprint density at radius 1 is 1.35 bits per heavy atom. The predicted molar refractivity (Wildman–Crippen MR) is 65.6 cm³/mol. The number of amides is 1. The fourth-order valence-electron chi connectivity index (χ4n) is 2.71. The maximum atomic E-state index is 10.8. The summed E-state index contributed by atoms with van der Waals surface area (Å²) in [6.45, 7) is 2.35. The van der Waals surface area contributed by atoms with Crippen molar-refractivity contribution in [2.45, 2.75) is 43.9 Å². The molecule has 1 heterocycles. The largest absolute Gasteiger partial charge is 0.381 e. The minimum absolute atomic E-state index is 0.224. The SMILES string of the molecule is COC1CC(NC2CCN(CC(N)=O)CC2)C1. The number of piperidine rings is 1. The zero-order valence-corrected chi connectivity index (χ0v) is 10.5. The third-order valence-electron chi connectivity index (χ3n) is 3.87. The molecule has 2 aliphatic rings. The highest BCUT2D eigenvalue weighted by molar-refractivity contribution is 5.75. The van der Waals surface area contributed by atoms with Crippen molar-refractivity contribution in [1.29, 1.82) is 0 Å². The van der Waals surface area contributed by atoms with E-state index in [0.29, 0.717) is 24.7 Å². The molecule has 1 aliphatic heterocycles. The number of nitrogens with zero attached hydrogens (tertiary/aromatic N) is 1. The van der Waals surface area contributed by atoms with E-state index in [4.69, 9.17) is 10.5 Å². The topological polar surface area (TPSA) is 67.6 Å². The van der Waals surface area contributed by atoms with Crippen LogP contribution in [0.15, 0.2) is 0 Å². The normalized spacial score (nSPS) is 31.1. The molecule has 3 N–H and O–H groups in total. The Kier molecular flexibility index (Phi) is 4.36. The molecule has 1 saturated carbocycles. The summed E-state index contributed by atoms with van der Waals surface area (Å²) in [5, 5.41) is 3.67. The molecule has 2 rings (SSSR count). The third kappa shape index (κ3) is 3.66. The molecular formula is C12H23N3O2. The monoisotopic (exact) mass is 241 g/mol. The quantitative estimate of drug-likeness (QED) is 0.693. The van der Waals surface area contributed by atoms with Crippen LogP contribution in [0.1, 0.15) is 25.7 Å². The van der Waals surface area contributed by atoms with Gasteiger partial charge in [0.1, 0.15) is 0 Å². The molecule has 0 unspecified atom stereocenters. The number of hydrogen-bond donors (Lipinski definition) is 2. The van der Waals surface area contributed by atoms with Gasteiger partial charge in [0.2, 0.25) is 5.91 Å². The van der Waals surface area contributed by atoms with Crippen molar-refractivity contribution in [3.63, 3.8) is 0 Å². The molecule has 5 nitrogen and oxygen atoms in total. The standard InChI is InChI=1S/C12H23N3O2/c1-17-11-6-10(7-11)14-9-2-4-15(5-3-9)8-12(13)16/h9-11,14H,2-8H2,1H3,(H2,13,16). The molecule has 0 aromatic rings. The van der Waals surface area contributed by atoms with Crippen LogP contribution in [-0.2, 0) is 9.53 Å². The fraction of sp³-hybridized carbons (Fsp3) is 0.917.